The second kappa shape index (κ2) is 8.58. The second-order valence-corrected chi connectivity index (χ2v) is 7.15. The minimum atomic E-state index is -0.821. The molecule has 6 nitrogen and oxygen atoms in total. The number of benzene rings is 2. The fraction of sp³-hybridized carbons (Fsp3) is 0.333. The largest absolute Gasteiger partial charge is 0.497 e. The number of ether oxygens (including phenoxy) is 2. The first-order valence-corrected chi connectivity index (χ1v) is 8.66. The number of nitrogens with two attached hydrogens (primary N) is 1. The predicted octanol–water partition coefficient (Wildman–Crippen LogP) is 3.62. The van der Waals surface area contributed by atoms with E-state index in [2.05, 4.69) is 25.9 Å². The summed E-state index contributed by atoms with van der Waals surface area (Å²) >= 11 is 0. The lowest BCUT2D eigenvalue weighted by Crippen LogP contribution is -2.26. The average molecular weight is 370 g/mol. The van der Waals surface area contributed by atoms with Crippen LogP contribution >= 0.6 is 0 Å². The molecule has 2 N–H and O–H groups in total. The first-order valence-electron chi connectivity index (χ1n) is 8.66. The Morgan fingerprint density at radius 3 is 2.07 bits per heavy atom. The molecular formula is C21H26N2O4. The standard InChI is InChI=1S/C21H26N2O4/c1-14(26-18-12-8-16(9-13-18)21(2,3)4)20(24)27-23-19(22)15-6-10-17(25-5)11-7-15/h6-14H,1-5H3,(H2,22,23)/t14-/m0/s1. The molecule has 0 aliphatic carbocycles. The van der Waals surface area contributed by atoms with Crippen LogP contribution in [0.5, 0.6) is 11.5 Å². The SMILES string of the molecule is COc1ccc(/C(N)=N\OC(=O)[C@H](C)Oc2ccc(C(C)(C)C)cc2)cc1. The van der Waals surface area contributed by atoms with Gasteiger partial charge in [0.2, 0.25) is 0 Å². The van der Waals surface area contributed by atoms with Gasteiger partial charge in [0.25, 0.3) is 0 Å². The highest BCUT2D eigenvalue weighted by Gasteiger charge is 2.18. The van der Waals surface area contributed by atoms with Crippen LogP contribution in [0.1, 0.15) is 38.8 Å². The normalized spacial score (nSPS) is 13.0. The summed E-state index contributed by atoms with van der Waals surface area (Å²) in [5.74, 6) is 0.738. The van der Waals surface area contributed by atoms with E-state index in [-0.39, 0.29) is 11.3 Å². The molecule has 0 radical (unpaired) electrons. The maximum absolute atomic E-state index is 12.1. The Morgan fingerprint density at radius 1 is 1.00 bits per heavy atom. The molecule has 0 aliphatic rings. The van der Waals surface area contributed by atoms with Crippen LogP contribution in [0.25, 0.3) is 0 Å². The molecular weight excluding hydrogens is 344 g/mol. The third-order valence-corrected chi connectivity index (χ3v) is 3.98. The first kappa shape index (κ1) is 20.3. The van der Waals surface area contributed by atoms with Crippen LogP contribution in [-0.4, -0.2) is 25.0 Å². The lowest BCUT2D eigenvalue weighted by Gasteiger charge is -2.19. The van der Waals surface area contributed by atoms with Crippen LogP contribution in [0.15, 0.2) is 53.7 Å². The Bertz CT molecular complexity index is 790. The summed E-state index contributed by atoms with van der Waals surface area (Å²) in [5.41, 5.74) is 7.69. The zero-order chi connectivity index (χ0) is 20.0. The third kappa shape index (κ3) is 5.74. The molecule has 0 saturated heterocycles. The smallest absolute Gasteiger partial charge is 0.374 e. The van der Waals surface area contributed by atoms with Gasteiger partial charge in [-0.05, 0) is 54.3 Å². The van der Waals surface area contributed by atoms with Gasteiger partial charge in [-0.2, -0.15) is 0 Å². The van der Waals surface area contributed by atoms with Crippen LogP contribution in [0.2, 0.25) is 0 Å². The van der Waals surface area contributed by atoms with E-state index < -0.39 is 12.1 Å². The van der Waals surface area contributed by atoms with Gasteiger partial charge in [-0.1, -0.05) is 38.1 Å². The van der Waals surface area contributed by atoms with Gasteiger partial charge < -0.3 is 20.0 Å². The molecule has 0 heterocycles. The molecule has 1 atom stereocenters. The number of hydrogen-bond donors (Lipinski definition) is 1. The molecule has 0 amide bonds. The van der Waals surface area contributed by atoms with E-state index in [1.807, 2.05) is 24.3 Å². The molecule has 27 heavy (non-hydrogen) atoms. The lowest BCUT2D eigenvalue weighted by atomic mass is 9.87. The van der Waals surface area contributed by atoms with Gasteiger partial charge >= 0.3 is 5.97 Å². The topological polar surface area (TPSA) is 83.1 Å². The van der Waals surface area contributed by atoms with E-state index in [1.54, 1.807) is 38.3 Å². The molecule has 144 valence electrons. The van der Waals surface area contributed by atoms with Crippen molar-refractivity contribution in [1.29, 1.82) is 0 Å². The highest BCUT2D eigenvalue weighted by atomic mass is 16.7. The summed E-state index contributed by atoms with van der Waals surface area (Å²) in [6.45, 7) is 8.00. The van der Waals surface area contributed by atoms with E-state index >= 15 is 0 Å². The monoisotopic (exact) mass is 370 g/mol. The molecule has 6 heteroatoms. The van der Waals surface area contributed by atoms with Gasteiger partial charge in [-0.3, -0.25) is 0 Å². The highest BCUT2D eigenvalue weighted by Crippen LogP contribution is 2.24. The summed E-state index contributed by atoms with van der Waals surface area (Å²) < 4.78 is 10.7. The number of carbonyl (C=O) groups excluding carboxylic acids is 1. The minimum Gasteiger partial charge on any atom is -0.497 e. The van der Waals surface area contributed by atoms with Crippen molar-refractivity contribution in [1.82, 2.24) is 0 Å². The quantitative estimate of drug-likeness (QED) is 0.363. The Balaban J connectivity index is 1.94. The molecule has 0 saturated carbocycles. The fourth-order valence-corrected chi connectivity index (χ4v) is 2.27. The van der Waals surface area contributed by atoms with Gasteiger partial charge in [0, 0.05) is 5.56 Å². The van der Waals surface area contributed by atoms with Crippen molar-refractivity contribution >= 4 is 11.8 Å². The van der Waals surface area contributed by atoms with Crippen molar-refractivity contribution in [3.05, 3.63) is 59.7 Å². The Kier molecular flexibility index (Phi) is 6.45. The second-order valence-electron chi connectivity index (χ2n) is 7.15. The molecule has 2 aromatic carbocycles. The highest BCUT2D eigenvalue weighted by molar-refractivity contribution is 5.97. The minimum absolute atomic E-state index is 0.0524. The van der Waals surface area contributed by atoms with E-state index in [0.29, 0.717) is 17.1 Å². The Labute approximate surface area is 159 Å². The number of nitrogens with zero attached hydrogens (tertiary/aromatic N) is 1. The summed E-state index contributed by atoms with van der Waals surface area (Å²) in [4.78, 5) is 17.0. The van der Waals surface area contributed by atoms with Crippen molar-refractivity contribution in [3.8, 4) is 11.5 Å². The number of methoxy groups -OCH3 is 1. The third-order valence-electron chi connectivity index (χ3n) is 3.98. The van der Waals surface area contributed by atoms with E-state index in [0.717, 1.165) is 0 Å². The van der Waals surface area contributed by atoms with Crippen LogP contribution < -0.4 is 15.2 Å². The number of carbonyl (C=O) groups is 1. The van der Waals surface area contributed by atoms with Crippen LogP contribution in [0.3, 0.4) is 0 Å². The van der Waals surface area contributed by atoms with Crippen molar-refractivity contribution in [2.45, 2.75) is 39.2 Å². The zero-order valence-electron chi connectivity index (χ0n) is 16.4. The van der Waals surface area contributed by atoms with Gasteiger partial charge in [-0.25, -0.2) is 4.79 Å². The number of amidine groups is 1. The zero-order valence-corrected chi connectivity index (χ0v) is 16.4. The summed E-state index contributed by atoms with van der Waals surface area (Å²) in [6.07, 6.45) is -0.821. The molecule has 2 aromatic rings. The Morgan fingerprint density at radius 2 is 1.56 bits per heavy atom. The van der Waals surface area contributed by atoms with Crippen LogP contribution in [0.4, 0.5) is 0 Å². The molecule has 0 aliphatic heterocycles. The number of hydrogen-bond acceptors (Lipinski definition) is 5. The molecule has 0 fully saturated rings. The van der Waals surface area contributed by atoms with E-state index in [9.17, 15) is 4.79 Å². The molecule has 0 aromatic heterocycles. The summed E-state index contributed by atoms with van der Waals surface area (Å²) in [6, 6.07) is 14.6. The summed E-state index contributed by atoms with van der Waals surface area (Å²) in [7, 11) is 1.58. The Hall–Kier alpha value is -3.02. The van der Waals surface area contributed by atoms with Crippen molar-refractivity contribution in [3.63, 3.8) is 0 Å². The predicted molar refractivity (Wildman–Crippen MR) is 105 cm³/mol. The molecule has 0 bridgehead atoms. The molecule has 0 spiro atoms. The van der Waals surface area contributed by atoms with Crippen LogP contribution in [-0.2, 0) is 15.0 Å². The average Bonchev–Trinajstić information content (AvgIpc) is 2.65. The maximum atomic E-state index is 12.1. The van der Waals surface area contributed by atoms with E-state index in [1.165, 1.54) is 5.56 Å². The molecule has 0 unspecified atom stereocenters. The van der Waals surface area contributed by atoms with Crippen molar-refractivity contribution < 1.29 is 19.1 Å². The molecule has 2 rings (SSSR count). The van der Waals surface area contributed by atoms with Crippen LogP contribution in [0, 0.1) is 0 Å². The number of rotatable bonds is 6. The van der Waals surface area contributed by atoms with Crippen molar-refractivity contribution in [2.24, 2.45) is 10.9 Å². The lowest BCUT2D eigenvalue weighted by molar-refractivity contribution is -0.151. The first-order chi connectivity index (χ1) is 12.7. The van der Waals surface area contributed by atoms with Gasteiger partial charge in [0.15, 0.2) is 11.9 Å². The van der Waals surface area contributed by atoms with E-state index in [4.69, 9.17) is 20.0 Å². The van der Waals surface area contributed by atoms with Gasteiger partial charge in [0.05, 0.1) is 7.11 Å². The number of oxime groups is 1. The van der Waals surface area contributed by atoms with Gasteiger partial charge in [-0.15, -0.1) is 0 Å². The van der Waals surface area contributed by atoms with Crippen molar-refractivity contribution in [2.75, 3.05) is 7.11 Å². The fourth-order valence-electron chi connectivity index (χ4n) is 2.27. The maximum Gasteiger partial charge on any atom is 0.374 e. The van der Waals surface area contributed by atoms with Gasteiger partial charge in [0.1, 0.15) is 11.5 Å². The summed E-state index contributed by atoms with van der Waals surface area (Å²) in [5, 5.41) is 3.68.